The van der Waals surface area contributed by atoms with Crippen molar-refractivity contribution in [3.05, 3.63) is 29.3 Å². The zero-order chi connectivity index (χ0) is 14.4. The van der Waals surface area contributed by atoms with Crippen molar-refractivity contribution in [2.45, 2.75) is 51.1 Å². The van der Waals surface area contributed by atoms with Crippen LogP contribution in [-0.4, -0.2) is 32.9 Å². The predicted octanol–water partition coefficient (Wildman–Crippen LogP) is 2.96. The van der Waals surface area contributed by atoms with Crippen LogP contribution >= 0.6 is 0 Å². The van der Waals surface area contributed by atoms with E-state index in [2.05, 4.69) is 30.4 Å². The van der Waals surface area contributed by atoms with Crippen LogP contribution in [0.5, 0.6) is 5.75 Å². The van der Waals surface area contributed by atoms with E-state index < -0.39 is 0 Å². The van der Waals surface area contributed by atoms with Crippen LogP contribution in [0.25, 0.3) is 0 Å². The van der Waals surface area contributed by atoms with Gasteiger partial charge in [0.2, 0.25) is 0 Å². The SMILES string of the molecule is CCCC(COC)NC1CCc2ccc(OC)cc2C1. The monoisotopic (exact) mass is 277 g/mol. The fourth-order valence-corrected chi connectivity index (χ4v) is 3.10. The smallest absolute Gasteiger partial charge is 0.119 e. The van der Waals surface area contributed by atoms with Gasteiger partial charge in [0.25, 0.3) is 0 Å². The minimum atomic E-state index is 0.474. The zero-order valence-corrected chi connectivity index (χ0v) is 12.9. The number of benzene rings is 1. The molecule has 0 radical (unpaired) electrons. The maximum Gasteiger partial charge on any atom is 0.119 e. The molecule has 0 spiro atoms. The molecule has 2 atom stereocenters. The molecular weight excluding hydrogens is 250 g/mol. The van der Waals surface area contributed by atoms with Crippen molar-refractivity contribution in [2.24, 2.45) is 0 Å². The Morgan fingerprint density at radius 3 is 2.85 bits per heavy atom. The van der Waals surface area contributed by atoms with Gasteiger partial charge in [-0.3, -0.25) is 0 Å². The second kappa shape index (κ2) is 7.65. The molecule has 0 saturated carbocycles. The minimum absolute atomic E-state index is 0.474. The lowest BCUT2D eigenvalue weighted by atomic mass is 9.87. The topological polar surface area (TPSA) is 30.5 Å². The number of nitrogens with one attached hydrogen (secondary N) is 1. The molecule has 1 aromatic carbocycles. The first kappa shape index (κ1) is 15.3. The molecule has 0 aliphatic heterocycles. The molecule has 1 aliphatic rings. The largest absolute Gasteiger partial charge is 0.497 e. The Balaban J connectivity index is 1.98. The van der Waals surface area contributed by atoms with Crippen LogP contribution in [0, 0.1) is 0 Å². The molecule has 0 fully saturated rings. The third kappa shape index (κ3) is 3.97. The number of hydrogen-bond donors (Lipinski definition) is 1. The van der Waals surface area contributed by atoms with Crippen LogP contribution in [0.3, 0.4) is 0 Å². The second-order valence-electron chi connectivity index (χ2n) is 5.68. The van der Waals surface area contributed by atoms with E-state index in [1.807, 2.05) is 0 Å². The minimum Gasteiger partial charge on any atom is -0.497 e. The first-order chi connectivity index (χ1) is 9.76. The van der Waals surface area contributed by atoms with E-state index >= 15 is 0 Å². The molecule has 0 amide bonds. The Hall–Kier alpha value is -1.06. The lowest BCUT2D eigenvalue weighted by Gasteiger charge is -2.30. The number of aryl methyl sites for hydroxylation is 1. The van der Waals surface area contributed by atoms with Crippen molar-refractivity contribution >= 4 is 0 Å². The van der Waals surface area contributed by atoms with E-state index in [4.69, 9.17) is 9.47 Å². The molecule has 0 aromatic heterocycles. The van der Waals surface area contributed by atoms with E-state index in [-0.39, 0.29) is 0 Å². The Morgan fingerprint density at radius 2 is 2.15 bits per heavy atom. The number of rotatable bonds is 7. The van der Waals surface area contributed by atoms with Gasteiger partial charge in [-0.2, -0.15) is 0 Å². The molecule has 20 heavy (non-hydrogen) atoms. The lowest BCUT2D eigenvalue weighted by Crippen LogP contribution is -2.43. The molecule has 1 aromatic rings. The zero-order valence-electron chi connectivity index (χ0n) is 12.9. The third-order valence-corrected chi connectivity index (χ3v) is 4.12. The van der Waals surface area contributed by atoms with Crippen molar-refractivity contribution < 1.29 is 9.47 Å². The molecule has 1 aliphatic carbocycles. The van der Waals surface area contributed by atoms with Crippen LogP contribution in [0.4, 0.5) is 0 Å². The van der Waals surface area contributed by atoms with Gasteiger partial charge in [-0.25, -0.2) is 0 Å². The van der Waals surface area contributed by atoms with E-state index in [1.54, 1.807) is 14.2 Å². The van der Waals surface area contributed by atoms with Gasteiger partial charge in [-0.1, -0.05) is 19.4 Å². The van der Waals surface area contributed by atoms with E-state index in [0.29, 0.717) is 12.1 Å². The number of methoxy groups -OCH3 is 2. The van der Waals surface area contributed by atoms with Gasteiger partial charge in [0.15, 0.2) is 0 Å². The summed E-state index contributed by atoms with van der Waals surface area (Å²) in [6.45, 7) is 3.03. The van der Waals surface area contributed by atoms with Gasteiger partial charge in [0.1, 0.15) is 5.75 Å². The predicted molar refractivity (Wildman–Crippen MR) is 82.5 cm³/mol. The van der Waals surface area contributed by atoms with E-state index in [9.17, 15) is 0 Å². The van der Waals surface area contributed by atoms with Crippen LogP contribution in [0.2, 0.25) is 0 Å². The van der Waals surface area contributed by atoms with Crippen LogP contribution in [0.1, 0.15) is 37.3 Å². The summed E-state index contributed by atoms with van der Waals surface area (Å²) in [7, 11) is 3.52. The van der Waals surface area contributed by atoms with Crippen molar-refractivity contribution in [1.82, 2.24) is 5.32 Å². The third-order valence-electron chi connectivity index (χ3n) is 4.12. The second-order valence-corrected chi connectivity index (χ2v) is 5.68. The summed E-state index contributed by atoms with van der Waals surface area (Å²) in [4.78, 5) is 0. The molecular formula is C17H27NO2. The summed E-state index contributed by atoms with van der Waals surface area (Å²) in [5.41, 5.74) is 2.91. The highest BCUT2D eigenvalue weighted by atomic mass is 16.5. The Bertz CT molecular complexity index is 413. The summed E-state index contributed by atoms with van der Waals surface area (Å²) in [6, 6.07) is 7.50. The van der Waals surface area contributed by atoms with Gasteiger partial charge < -0.3 is 14.8 Å². The summed E-state index contributed by atoms with van der Waals surface area (Å²) in [5, 5.41) is 3.77. The van der Waals surface area contributed by atoms with Gasteiger partial charge in [0, 0.05) is 19.2 Å². The fourth-order valence-electron chi connectivity index (χ4n) is 3.10. The van der Waals surface area contributed by atoms with Crippen LogP contribution in [0.15, 0.2) is 18.2 Å². The summed E-state index contributed by atoms with van der Waals surface area (Å²) < 4.78 is 10.7. The summed E-state index contributed by atoms with van der Waals surface area (Å²) >= 11 is 0. The molecule has 0 heterocycles. The normalized spacial score (nSPS) is 19.4. The molecule has 1 N–H and O–H groups in total. The Labute approximate surface area is 122 Å². The molecule has 0 bridgehead atoms. The van der Waals surface area contributed by atoms with Gasteiger partial charge in [-0.15, -0.1) is 0 Å². The molecule has 0 saturated heterocycles. The highest BCUT2D eigenvalue weighted by Gasteiger charge is 2.21. The highest BCUT2D eigenvalue weighted by Crippen LogP contribution is 2.26. The van der Waals surface area contributed by atoms with Gasteiger partial charge >= 0.3 is 0 Å². The maximum absolute atomic E-state index is 5.33. The van der Waals surface area contributed by atoms with E-state index in [0.717, 1.165) is 25.2 Å². The van der Waals surface area contributed by atoms with Crippen molar-refractivity contribution in [3.63, 3.8) is 0 Å². The molecule has 2 unspecified atom stereocenters. The quantitative estimate of drug-likeness (QED) is 0.831. The maximum atomic E-state index is 5.33. The van der Waals surface area contributed by atoms with Gasteiger partial charge in [-0.05, 0) is 48.9 Å². The number of ether oxygens (including phenoxy) is 2. The molecule has 3 heteroatoms. The molecule has 2 rings (SSSR count). The fraction of sp³-hybridized carbons (Fsp3) is 0.647. The standard InChI is InChI=1S/C17H27NO2/c1-4-5-16(12-19-2)18-15-8-6-13-7-9-17(20-3)11-14(13)10-15/h7,9,11,15-16,18H,4-6,8,10,12H2,1-3H3. The average molecular weight is 277 g/mol. The number of fused-ring (bicyclic) bond motifs is 1. The molecule has 112 valence electrons. The first-order valence-electron chi connectivity index (χ1n) is 7.67. The van der Waals surface area contributed by atoms with Crippen molar-refractivity contribution in [2.75, 3.05) is 20.8 Å². The van der Waals surface area contributed by atoms with Crippen molar-refractivity contribution in [3.8, 4) is 5.75 Å². The van der Waals surface area contributed by atoms with Crippen LogP contribution in [-0.2, 0) is 17.6 Å². The Kier molecular flexibility index (Phi) is 5.86. The molecule has 3 nitrogen and oxygen atoms in total. The van der Waals surface area contributed by atoms with Crippen LogP contribution < -0.4 is 10.1 Å². The highest BCUT2D eigenvalue weighted by molar-refractivity contribution is 5.37. The Morgan fingerprint density at radius 1 is 1.30 bits per heavy atom. The first-order valence-corrected chi connectivity index (χ1v) is 7.67. The summed E-state index contributed by atoms with van der Waals surface area (Å²) in [5.74, 6) is 0.964. The summed E-state index contributed by atoms with van der Waals surface area (Å²) in [6.07, 6.45) is 5.83. The van der Waals surface area contributed by atoms with Crippen molar-refractivity contribution in [1.29, 1.82) is 0 Å². The average Bonchev–Trinajstić information content (AvgIpc) is 2.47. The lowest BCUT2D eigenvalue weighted by molar-refractivity contribution is 0.154. The number of hydrogen-bond acceptors (Lipinski definition) is 3. The van der Waals surface area contributed by atoms with E-state index in [1.165, 1.54) is 30.4 Å². The van der Waals surface area contributed by atoms with Gasteiger partial charge in [0.05, 0.1) is 13.7 Å².